The Labute approximate surface area is 124 Å². The lowest BCUT2D eigenvalue weighted by Gasteiger charge is -2.09. The maximum absolute atomic E-state index is 12.0. The smallest absolute Gasteiger partial charge is 0.354 e. The summed E-state index contributed by atoms with van der Waals surface area (Å²) in [4.78, 5) is 12.0. The number of hydrogen-bond acceptors (Lipinski definition) is 4. The van der Waals surface area contributed by atoms with Crippen LogP contribution in [0.5, 0.6) is 5.75 Å². The van der Waals surface area contributed by atoms with E-state index in [-0.39, 0.29) is 16.9 Å². The van der Waals surface area contributed by atoms with Crippen molar-refractivity contribution in [3.8, 4) is 22.9 Å². The molecule has 0 spiro atoms. The van der Waals surface area contributed by atoms with E-state index in [1.54, 1.807) is 30.3 Å². The molecule has 3 aromatic rings. The lowest BCUT2D eigenvalue weighted by molar-refractivity contribution is 0.473. The fourth-order valence-corrected chi connectivity index (χ4v) is 2.47. The van der Waals surface area contributed by atoms with Gasteiger partial charge in [-0.1, -0.05) is 29.8 Å². The molecule has 5 heteroatoms. The molecular weight excluding hydrogens is 290 g/mol. The average molecular weight is 298 g/mol. The van der Waals surface area contributed by atoms with Crippen molar-refractivity contribution in [2.45, 2.75) is 0 Å². The Kier molecular flexibility index (Phi) is 3.13. The van der Waals surface area contributed by atoms with E-state index in [4.69, 9.17) is 16.0 Å². The number of phenols is 1. The summed E-state index contributed by atoms with van der Waals surface area (Å²) in [6, 6.07) is 13.2. The number of aromatic hydroxyl groups is 1. The van der Waals surface area contributed by atoms with Crippen LogP contribution in [-0.4, -0.2) is 5.11 Å². The summed E-state index contributed by atoms with van der Waals surface area (Å²) in [5.74, 6) is -0.0273. The first-order valence-electron chi connectivity index (χ1n) is 6.06. The summed E-state index contributed by atoms with van der Waals surface area (Å²) < 4.78 is 5.09. The van der Waals surface area contributed by atoms with Gasteiger partial charge in [-0.2, -0.15) is 5.26 Å². The zero-order chi connectivity index (χ0) is 15.0. The first-order valence-corrected chi connectivity index (χ1v) is 6.44. The van der Waals surface area contributed by atoms with E-state index >= 15 is 0 Å². The van der Waals surface area contributed by atoms with Crippen LogP contribution in [-0.2, 0) is 0 Å². The van der Waals surface area contributed by atoms with E-state index in [9.17, 15) is 15.2 Å². The summed E-state index contributed by atoms with van der Waals surface area (Å²) in [5, 5.41) is 19.7. The van der Waals surface area contributed by atoms with E-state index in [0.29, 0.717) is 21.5 Å². The minimum atomic E-state index is -0.759. The lowest BCUT2D eigenvalue weighted by atomic mass is 9.97. The molecule has 3 rings (SSSR count). The van der Waals surface area contributed by atoms with Crippen LogP contribution in [0.15, 0.2) is 51.7 Å². The first-order chi connectivity index (χ1) is 10.1. The second-order valence-corrected chi connectivity index (χ2v) is 4.82. The quantitative estimate of drug-likeness (QED) is 0.695. The number of phenolic OH excluding ortho intramolecular Hbond substituents is 1. The molecule has 0 bridgehead atoms. The molecule has 0 aliphatic carbocycles. The van der Waals surface area contributed by atoms with E-state index in [2.05, 4.69) is 0 Å². The molecule has 0 atom stereocenters. The summed E-state index contributed by atoms with van der Waals surface area (Å²) in [6.45, 7) is 0. The third kappa shape index (κ3) is 2.14. The first kappa shape index (κ1) is 13.2. The molecule has 0 aliphatic heterocycles. The molecule has 1 aromatic heterocycles. The normalized spacial score (nSPS) is 10.5. The molecule has 1 N–H and O–H groups in total. The van der Waals surface area contributed by atoms with Gasteiger partial charge in [-0.15, -0.1) is 0 Å². The van der Waals surface area contributed by atoms with Gasteiger partial charge in [-0.3, -0.25) is 0 Å². The highest BCUT2D eigenvalue weighted by atomic mass is 35.5. The van der Waals surface area contributed by atoms with Gasteiger partial charge in [0.2, 0.25) is 0 Å². The van der Waals surface area contributed by atoms with Crippen LogP contribution < -0.4 is 5.63 Å². The molecule has 0 radical (unpaired) electrons. The second kappa shape index (κ2) is 4.97. The Bertz CT molecular complexity index is 954. The molecule has 21 heavy (non-hydrogen) atoms. The molecule has 102 valence electrons. The number of halogens is 1. The lowest BCUT2D eigenvalue weighted by Crippen LogP contribution is -2.06. The Hall–Kier alpha value is -2.77. The van der Waals surface area contributed by atoms with Crippen LogP contribution in [0.4, 0.5) is 0 Å². The predicted molar refractivity (Wildman–Crippen MR) is 79.3 cm³/mol. The van der Waals surface area contributed by atoms with Crippen molar-refractivity contribution in [1.82, 2.24) is 0 Å². The van der Waals surface area contributed by atoms with Crippen molar-refractivity contribution < 1.29 is 9.52 Å². The fourth-order valence-electron chi connectivity index (χ4n) is 2.23. The van der Waals surface area contributed by atoms with Gasteiger partial charge in [0.05, 0.1) is 0 Å². The standard InChI is InChI=1S/C16H8ClNO3/c17-13-4-2-1-3-10(13)15-11-6-5-9(19)7-14(11)21-16(20)12(15)8-18/h1-7,19H. The largest absolute Gasteiger partial charge is 0.508 e. The number of hydrogen-bond donors (Lipinski definition) is 1. The maximum atomic E-state index is 12.0. The zero-order valence-electron chi connectivity index (χ0n) is 10.6. The van der Waals surface area contributed by atoms with Gasteiger partial charge in [0.15, 0.2) is 0 Å². The maximum Gasteiger partial charge on any atom is 0.354 e. The highest BCUT2D eigenvalue weighted by Gasteiger charge is 2.18. The predicted octanol–water partition coefficient (Wildman–Crippen LogP) is 3.69. The number of rotatable bonds is 1. The van der Waals surface area contributed by atoms with Crippen LogP contribution in [0, 0.1) is 11.3 Å². The Morgan fingerprint density at radius 3 is 2.67 bits per heavy atom. The molecule has 2 aromatic carbocycles. The van der Waals surface area contributed by atoms with E-state index in [1.165, 1.54) is 12.1 Å². The molecule has 0 fully saturated rings. The number of nitrogens with zero attached hydrogens (tertiary/aromatic N) is 1. The Balaban J connectivity index is 2.54. The molecule has 1 heterocycles. The van der Waals surface area contributed by atoms with Gasteiger partial charge in [0.25, 0.3) is 0 Å². The van der Waals surface area contributed by atoms with Gasteiger partial charge in [0.1, 0.15) is 23.0 Å². The highest BCUT2D eigenvalue weighted by molar-refractivity contribution is 6.33. The summed E-state index contributed by atoms with van der Waals surface area (Å²) in [6.07, 6.45) is 0. The van der Waals surface area contributed by atoms with Crippen LogP contribution in [0.2, 0.25) is 5.02 Å². The fraction of sp³-hybridized carbons (Fsp3) is 0. The van der Waals surface area contributed by atoms with Gasteiger partial charge >= 0.3 is 5.63 Å². The molecule has 0 amide bonds. The van der Waals surface area contributed by atoms with Crippen molar-refractivity contribution in [1.29, 1.82) is 5.26 Å². The average Bonchev–Trinajstić information content (AvgIpc) is 2.46. The van der Waals surface area contributed by atoms with Gasteiger partial charge in [0, 0.05) is 27.6 Å². The van der Waals surface area contributed by atoms with Crippen LogP contribution in [0.25, 0.3) is 22.1 Å². The number of nitriles is 1. The van der Waals surface area contributed by atoms with Gasteiger partial charge in [-0.25, -0.2) is 4.79 Å². The molecule has 0 unspecified atom stereocenters. The van der Waals surface area contributed by atoms with Crippen molar-refractivity contribution in [2.75, 3.05) is 0 Å². The molecule has 4 nitrogen and oxygen atoms in total. The van der Waals surface area contributed by atoms with Crippen LogP contribution in [0.3, 0.4) is 0 Å². The summed E-state index contributed by atoms with van der Waals surface area (Å²) in [5.41, 5.74) is 0.314. The molecule has 0 aliphatic rings. The van der Waals surface area contributed by atoms with Crippen LogP contribution in [0.1, 0.15) is 5.56 Å². The molecule has 0 saturated carbocycles. The SMILES string of the molecule is N#Cc1c(-c2ccccc2Cl)c2ccc(O)cc2oc1=O. The van der Waals surface area contributed by atoms with Gasteiger partial charge < -0.3 is 9.52 Å². The Morgan fingerprint density at radius 1 is 1.19 bits per heavy atom. The van der Waals surface area contributed by atoms with Crippen molar-refractivity contribution in [2.24, 2.45) is 0 Å². The Morgan fingerprint density at radius 2 is 1.95 bits per heavy atom. The topological polar surface area (TPSA) is 74.2 Å². The molecular formula is C16H8ClNO3. The van der Waals surface area contributed by atoms with Gasteiger partial charge in [-0.05, 0) is 18.2 Å². The van der Waals surface area contributed by atoms with E-state index in [1.807, 2.05) is 6.07 Å². The highest BCUT2D eigenvalue weighted by Crippen LogP contribution is 2.35. The third-order valence-electron chi connectivity index (χ3n) is 3.15. The minimum absolute atomic E-state index is 0.0273. The minimum Gasteiger partial charge on any atom is -0.508 e. The van der Waals surface area contributed by atoms with Crippen LogP contribution >= 0.6 is 11.6 Å². The second-order valence-electron chi connectivity index (χ2n) is 4.41. The monoisotopic (exact) mass is 297 g/mol. The van der Waals surface area contributed by atoms with Crippen molar-refractivity contribution in [3.05, 3.63) is 63.5 Å². The third-order valence-corrected chi connectivity index (χ3v) is 3.48. The summed E-state index contributed by atoms with van der Waals surface area (Å²) >= 11 is 6.18. The number of fused-ring (bicyclic) bond motifs is 1. The van der Waals surface area contributed by atoms with Crippen molar-refractivity contribution >= 4 is 22.6 Å². The van der Waals surface area contributed by atoms with Crippen molar-refractivity contribution in [3.63, 3.8) is 0 Å². The number of benzene rings is 2. The summed E-state index contributed by atoms with van der Waals surface area (Å²) in [7, 11) is 0. The van der Waals surface area contributed by atoms with E-state index < -0.39 is 5.63 Å². The molecule has 0 saturated heterocycles. The van der Waals surface area contributed by atoms with E-state index in [0.717, 1.165) is 0 Å². The zero-order valence-corrected chi connectivity index (χ0v) is 11.4.